The Morgan fingerprint density at radius 3 is 2.06 bits per heavy atom. The van der Waals surface area contributed by atoms with Crippen LogP contribution in [0.15, 0.2) is 48.5 Å². The number of benzene rings is 2. The second-order valence-electron chi connectivity index (χ2n) is 7.46. The molecule has 0 unspecified atom stereocenters. The lowest BCUT2D eigenvalue weighted by atomic mass is 10.1. The van der Waals surface area contributed by atoms with E-state index in [2.05, 4.69) is 5.32 Å². The van der Waals surface area contributed by atoms with Crippen LogP contribution in [0.3, 0.4) is 0 Å². The van der Waals surface area contributed by atoms with Gasteiger partial charge in [0.05, 0.1) is 20.8 Å². The summed E-state index contributed by atoms with van der Waals surface area (Å²) in [5.74, 6) is 2.00. The molecule has 7 nitrogen and oxygen atoms in total. The zero-order valence-electron chi connectivity index (χ0n) is 19.4. The van der Waals surface area contributed by atoms with E-state index in [1.165, 1.54) is 0 Å². The van der Waals surface area contributed by atoms with Crippen molar-refractivity contribution in [2.45, 2.75) is 45.7 Å². The molecular weight excluding hydrogens is 408 g/mol. The maximum Gasteiger partial charge on any atom is 0.242 e. The largest absolute Gasteiger partial charge is 0.497 e. The summed E-state index contributed by atoms with van der Waals surface area (Å²) >= 11 is 0. The molecule has 0 radical (unpaired) electrons. The molecule has 1 atom stereocenters. The third-order valence-corrected chi connectivity index (χ3v) is 5.09. The summed E-state index contributed by atoms with van der Waals surface area (Å²) in [5.41, 5.74) is 0.934. The second-order valence-corrected chi connectivity index (χ2v) is 7.46. The van der Waals surface area contributed by atoms with E-state index in [1.54, 1.807) is 26.0 Å². The van der Waals surface area contributed by atoms with E-state index < -0.39 is 6.04 Å². The summed E-state index contributed by atoms with van der Waals surface area (Å²) < 4.78 is 16.1. The highest BCUT2D eigenvalue weighted by atomic mass is 16.5. The molecule has 32 heavy (non-hydrogen) atoms. The first kappa shape index (κ1) is 25.0. The summed E-state index contributed by atoms with van der Waals surface area (Å²) in [6.45, 7) is 5.10. The van der Waals surface area contributed by atoms with Crippen molar-refractivity contribution in [3.63, 3.8) is 0 Å². The van der Waals surface area contributed by atoms with Crippen LogP contribution in [0.5, 0.6) is 17.2 Å². The van der Waals surface area contributed by atoms with Crippen LogP contribution in [0.1, 0.15) is 38.7 Å². The first-order chi connectivity index (χ1) is 15.5. The molecule has 0 aromatic heterocycles. The number of methoxy groups -OCH3 is 2. The third-order valence-electron chi connectivity index (χ3n) is 5.09. The van der Waals surface area contributed by atoms with E-state index in [-0.39, 0.29) is 18.2 Å². The fourth-order valence-electron chi connectivity index (χ4n) is 3.14. The minimum atomic E-state index is -0.571. The van der Waals surface area contributed by atoms with Gasteiger partial charge in [-0.25, -0.2) is 0 Å². The number of carbonyl (C=O) groups is 2. The van der Waals surface area contributed by atoms with E-state index in [1.807, 2.05) is 55.5 Å². The first-order valence-corrected chi connectivity index (χ1v) is 11.0. The highest BCUT2D eigenvalue weighted by Gasteiger charge is 2.25. The van der Waals surface area contributed by atoms with E-state index in [0.29, 0.717) is 26.1 Å². The molecule has 7 heteroatoms. The monoisotopic (exact) mass is 442 g/mol. The molecule has 0 saturated carbocycles. The molecule has 2 aromatic carbocycles. The Labute approximate surface area is 190 Å². The SMILES string of the molecule is CCCNC(=O)[C@H](C)N(Cc1ccc(OC)cc1)C(=O)CCCOc1ccc(OC)cc1. The summed E-state index contributed by atoms with van der Waals surface area (Å²) in [7, 11) is 3.22. The average Bonchev–Trinajstić information content (AvgIpc) is 2.83. The standard InChI is InChI=1S/C25H34N2O5/c1-5-16-26-25(29)19(2)27(18-20-8-10-21(30-3)11-9-20)24(28)7-6-17-32-23-14-12-22(31-4)13-15-23/h8-15,19H,5-7,16-18H2,1-4H3,(H,26,29)/t19-/m0/s1. The van der Waals surface area contributed by atoms with Crippen molar-refractivity contribution in [1.29, 1.82) is 0 Å². The molecule has 0 aliphatic rings. The summed E-state index contributed by atoms with van der Waals surface area (Å²) in [6.07, 6.45) is 1.68. The van der Waals surface area contributed by atoms with Crippen molar-refractivity contribution >= 4 is 11.8 Å². The molecule has 0 aliphatic heterocycles. The van der Waals surface area contributed by atoms with Crippen molar-refractivity contribution in [3.8, 4) is 17.2 Å². The van der Waals surface area contributed by atoms with Crippen LogP contribution in [0.4, 0.5) is 0 Å². The lowest BCUT2D eigenvalue weighted by Gasteiger charge is -2.29. The smallest absolute Gasteiger partial charge is 0.242 e. The minimum absolute atomic E-state index is 0.0849. The predicted molar refractivity (Wildman–Crippen MR) is 124 cm³/mol. The van der Waals surface area contributed by atoms with Crippen LogP contribution in [-0.2, 0) is 16.1 Å². The Morgan fingerprint density at radius 2 is 1.50 bits per heavy atom. The van der Waals surface area contributed by atoms with Gasteiger partial charge in [0.25, 0.3) is 0 Å². The molecule has 174 valence electrons. The summed E-state index contributed by atoms with van der Waals surface area (Å²) in [6, 6.07) is 14.3. The molecular formula is C25H34N2O5. The van der Waals surface area contributed by atoms with E-state index in [9.17, 15) is 9.59 Å². The van der Waals surface area contributed by atoms with Crippen LogP contribution in [-0.4, -0.2) is 50.1 Å². The van der Waals surface area contributed by atoms with Gasteiger partial charge < -0.3 is 24.4 Å². The molecule has 0 fully saturated rings. The fraction of sp³-hybridized carbons (Fsp3) is 0.440. The highest BCUT2D eigenvalue weighted by molar-refractivity contribution is 5.87. The van der Waals surface area contributed by atoms with Gasteiger partial charge in [0, 0.05) is 19.5 Å². The molecule has 2 aromatic rings. The van der Waals surface area contributed by atoms with E-state index >= 15 is 0 Å². The van der Waals surface area contributed by atoms with Crippen LogP contribution >= 0.6 is 0 Å². The zero-order chi connectivity index (χ0) is 23.3. The van der Waals surface area contributed by atoms with Gasteiger partial charge in [-0.15, -0.1) is 0 Å². The molecule has 2 amide bonds. The molecule has 2 rings (SSSR count). The quantitative estimate of drug-likeness (QED) is 0.478. The van der Waals surface area contributed by atoms with Crippen molar-refractivity contribution in [2.75, 3.05) is 27.4 Å². The maximum absolute atomic E-state index is 13.0. The number of amides is 2. The van der Waals surface area contributed by atoms with Crippen LogP contribution < -0.4 is 19.5 Å². The lowest BCUT2D eigenvalue weighted by molar-refractivity contribution is -0.140. The van der Waals surface area contributed by atoms with Gasteiger partial charge in [-0.1, -0.05) is 19.1 Å². The number of carbonyl (C=O) groups excluding carboxylic acids is 2. The Bertz CT molecular complexity index is 836. The van der Waals surface area contributed by atoms with E-state index in [0.717, 1.165) is 29.2 Å². The molecule has 0 aliphatic carbocycles. The number of nitrogens with one attached hydrogen (secondary N) is 1. The Balaban J connectivity index is 1.97. The van der Waals surface area contributed by atoms with Crippen molar-refractivity contribution in [1.82, 2.24) is 10.2 Å². The predicted octanol–water partition coefficient (Wildman–Crippen LogP) is 3.81. The van der Waals surface area contributed by atoms with Crippen LogP contribution in [0.2, 0.25) is 0 Å². The van der Waals surface area contributed by atoms with Gasteiger partial charge in [-0.2, -0.15) is 0 Å². The number of hydrogen-bond acceptors (Lipinski definition) is 5. The van der Waals surface area contributed by atoms with Gasteiger partial charge in [0.15, 0.2) is 0 Å². The number of nitrogens with zero attached hydrogens (tertiary/aromatic N) is 1. The van der Waals surface area contributed by atoms with Crippen molar-refractivity contribution < 1.29 is 23.8 Å². The van der Waals surface area contributed by atoms with Gasteiger partial charge in [0.1, 0.15) is 23.3 Å². The second kappa shape index (κ2) is 13.2. The van der Waals surface area contributed by atoms with E-state index in [4.69, 9.17) is 14.2 Å². The minimum Gasteiger partial charge on any atom is -0.497 e. The summed E-state index contributed by atoms with van der Waals surface area (Å²) in [4.78, 5) is 27.2. The molecule has 0 bridgehead atoms. The maximum atomic E-state index is 13.0. The van der Waals surface area contributed by atoms with Gasteiger partial charge in [-0.05, 0) is 61.7 Å². The molecule has 0 saturated heterocycles. The molecule has 0 heterocycles. The van der Waals surface area contributed by atoms with Gasteiger partial charge in [0.2, 0.25) is 11.8 Å². The number of hydrogen-bond donors (Lipinski definition) is 1. The van der Waals surface area contributed by atoms with Crippen molar-refractivity contribution in [3.05, 3.63) is 54.1 Å². The number of rotatable bonds is 13. The average molecular weight is 443 g/mol. The lowest BCUT2D eigenvalue weighted by Crippen LogP contribution is -2.47. The van der Waals surface area contributed by atoms with Crippen LogP contribution in [0.25, 0.3) is 0 Å². The molecule has 0 spiro atoms. The van der Waals surface area contributed by atoms with Crippen LogP contribution in [0, 0.1) is 0 Å². The Kier molecular flexibility index (Phi) is 10.4. The molecule has 1 N–H and O–H groups in total. The number of ether oxygens (including phenoxy) is 3. The van der Waals surface area contributed by atoms with Gasteiger partial charge >= 0.3 is 0 Å². The third kappa shape index (κ3) is 7.80. The Hall–Kier alpha value is -3.22. The van der Waals surface area contributed by atoms with Crippen molar-refractivity contribution in [2.24, 2.45) is 0 Å². The normalized spacial score (nSPS) is 11.4. The Morgan fingerprint density at radius 1 is 0.938 bits per heavy atom. The zero-order valence-corrected chi connectivity index (χ0v) is 19.4. The fourth-order valence-corrected chi connectivity index (χ4v) is 3.14. The van der Waals surface area contributed by atoms with Gasteiger partial charge in [-0.3, -0.25) is 9.59 Å². The first-order valence-electron chi connectivity index (χ1n) is 11.0. The topological polar surface area (TPSA) is 77.1 Å². The summed E-state index contributed by atoms with van der Waals surface area (Å²) in [5, 5.41) is 2.88. The highest BCUT2D eigenvalue weighted by Crippen LogP contribution is 2.18.